The van der Waals surface area contributed by atoms with Gasteiger partial charge < -0.3 is 5.32 Å². The van der Waals surface area contributed by atoms with E-state index in [-0.39, 0.29) is 5.91 Å². The van der Waals surface area contributed by atoms with Crippen LogP contribution in [0.4, 0.5) is 5.13 Å². The van der Waals surface area contributed by atoms with E-state index in [1.807, 2.05) is 44.4 Å². The average molecular weight is 399 g/mol. The molecule has 0 radical (unpaired) electrons. The van der Waals surface area contributed by atoms with Crippen molar-refractivity contribution in [2.24, 2.45) is 0 Å². The number of carbonyl (C=O) groups is 1. The summed E-state index contributed by atoms with van der Waals surface area (Å²) in [7, 11) is 0. The summed E-state index contributed by atoms with van der Waals surface area (Å²) in [5.74, 6) is 0.536. The van der Waals surface area contributed by atoms with E-state index in [9.17, 15) is 4.79 Å². The second-order valence-electron chi connectivity index (χ2n) is 6.11. The quantitative estimate of drug-likeness (QED) is 0.517. The van der Waals surface area contributed by atoms with Crippen molar-refractivity contribution in [1.82, 2.24) is 24.6 Å². The first-order valence-corrected chi connectivity index (χ1v) is 10.5. The molecule has 0 aliphatic heterocycles. The predicted molar refractivity (Wildman–Crippen MR) is 109 cm³/mol. The molecule has 0 atom stereocenters. The average Bonchev–Trinajstić information content (AvgIpc) is 3.24. The molecular formula is C18H18N6OS2. The Balaban J connectivity index is 1.49. The largest absolute Gasteiger partial charge is 0.302 e. The van der Waals surface area contributed by atoms with Crippen LogP contribution in [0.25, 0.3) is 16.0 Å². The highest BCUT2D eigenvalue weighted by molar-refractivity contribution is 7.98. The van der Waals surface area contributed by atoms with Crippen molar-refractivity contribution in [3.8, 4) is 0 Å². The molecule has 0 saturated carbocycles. The summed E-state index contributed by atoms with van der Waals surface area (Å²) in [5, 5.41) is 8.67. The van der Waals surface area contributed by atoms with E-state index in [0.717, 1.165) is 27.2 Å². The van der Waals surface area contributed by atoms with Gasteiger partial charge in [-0.2, -0.15) is 4.98 Å². The van der Waals surface area contributed by atoms with Crippen molar-refractivity contribution in [2.45, 2.75) is 31.8 Å². The minimum absolute atomic E-state index is 0.0589. The molecule has 0 bridgehead atoms. The first-order valence-electron chi connectivity index (χ1n) is 8.47. The molecule has 0 unspecified atom stereocenters. The number of nitrogens with zero attached hydrogens (tertiary/aromatic N) is 5. The second-order valence-corrected chi connectivity index (χ2v) is 7.91. The highest BCUT2D eigenvalue weighted by atomic mass is 32.2. The Kier molecular flexibility index (Phi) is 4.79. The second kappa shape index (κ2) is 7.24. The van der Waals surface area contributed by atoms with Crippen LogP contribution in [0.5, 0.6) is 0 Å². The number of para-hydroxylation sites is 1. The minimum Gasteiger partial charge on any atom is -0.302 e. The van der Waals surface area contributed by atoms with Crippen LogP contribution in [-0.4, -0.2) is 36.7 Å². The lowest BCUT2D eigenvalue weighted by Crippen LogP contribution is -2.14. The molecular weight excluding hydrogens is 380 g/mol. The lowest BCUT2D eigenvalue weighted by molar-refractivity contribution is -0.116. The first kappa shape index (κ1) is 17.9. The standard InChI is InChI=1S/C18H18N6OS2/c1-10-12(11(2)24-16(19-10)22-18(23-24)26-3)8-9-15(25)21-17-20-13-6-4-5-7-14(13)27-17/h4-7H,8-9H2,1-3H3,(H,20,21,25). The van der Waals surface area contributed by atoms with Crippen LogP contribution in [0.2, 0.25) is 0 Å². The third-order valence-electron chi connectivity index (χ3n) is 4.35. The normalized spacial score (nSPS) is 11.4. The van der Waals surface area contributed by atoms with Crippen molar-refractivity contribution in [2.75, 3.05) is 11.6 Å². The summed E-state index contributed by atoms with van der Waals surface area (Å²) in [5.41, 5.74) is 3.78. The summed E-state index contributed by atoms with van der Waals surface area (Å²) >= 11 is 2.96. The van der Waals surface area contributed by atoms with E-state index in [1.165, 1.54) is 23.1 Å². The van der Waals surface area contributed by atoms with Gasteiger partial charge in [0.1, 0.15) is 0 Å². The van der Waals surface area contributed by atoms with Crippen LogP contribution >= 0.6 is 23.1 Å². The summed E-state index contributed by atoms with van der Waals surface area (Å²) < 4.78 is 2.81. The van der Waals surface area contributed by atoms with Gasteiger partial charge in [0, 0.05) is 17.8 Å². The maximum Gasteiger partial charge on any atom is 0.253 e. The molecule has 3 aromatic heterocycles. The van der Waals surface area contributed by atoms with Crippen LogP contribution < -0.4 is 5.32 Å². The molecule has 0 fully saturated rings. The molecule has 3 heterocycles. The minimum atomic E-state index is -0.0589. The Labute approximate surface area is 164 Å². The highest BCUT2D eigenvalue weighted by Gasteiger charge is 2.15. The van der Waals surface area contributed by atoms with Gasteiger partial charge in [-0.25, -0.2) is 14.5 Å². The van der Waals surface area contributed by atoms with Gasteiger partial charge in [-0.1, -0.05) is 35.2 Å². The number of benzene rings is 1. The molecule has 7 nitrogen and oxygen atoms in total. The molecule has 0 saturated heterocycles. The SMILES string of the molecule is CSc1nc2nc(C)c(CCC(=O)Nc3nc4ccccc4s3)c(C)n2n1. The number of hydrogen-bond acceptors (Lipinski definition) is 7. The lowest BCUT2D eigenvalue weighted by Gasteiger charge is -2.10. The number of carbonyl (C=O) groups excluding carboxylic acids is 1. The summed E-state index contributed by atoms with van der Waals surface area (Å²) in [6, 6.07) is 7.84. The van der Waals surface area contributed by atoms with Crippen molar-refractivity contribution in [3.63, 3.8) is 0 Å². The van der Waals surface area contributed by atoms with E-state index >= 15 is 0 Å². The fourth-order valence-electron chi connectivity index (χ4n) is 2.98. The Morgan fingerprint density at radius 1 is 1.22 bits per heavy atom. The van der Waals surface area contributed by atoms with Gasteiger partial charge in [0.15, 0.2) is 5.13 Å². The van der Waals surface area contributed by atoms with Gasteiger partial charge in [-0.3, -0.25) is 4.79 Å². The van der Waals surface area contributed by atoms with Gasteiger partial charge in [0.2, 0.25) is 11.1 Å². The number of thioether (sulfide) groups is 1. The van der Waals surface area contributed by atoms with Crippen molar-refractivity contribution >= 4 is 50.1 Å². The molecule has 0 aliphatic rings. The summed E-state index contributed by atoms with van der Waals surface area (Å²) in [6.45, 7) is 3.93. The lowest BCUT2D eigenvalue weighted by atomic mass is 10.1. The maximum atomic E-state index is 12.4. The number of fused-ring (bicyclic) bond motifs is 2. The van der Waals surface area contributed by atoms with Gasteiger partial charge in [-0.15, -0.1) is 5.10 Å². The van der Waals surface area contributed by atoms with E-state index < -0.39 is 0 Å². The Hall–Kier alpha value is -2.52. The van der Waals surface area contributed by atoms with Crippen LogP contribution in [-0.2, 0) is 11.2 Å². The Bertz CT molecular complexity index is 1120. The van der Waals surface area contributed by atoms with E-state index in [0.29, 0.717) is 28.9 Å². The van der Waals surface area contributed by atoms with Crippen molar-refractivity contribution in [3.05, 3.63) is 41.2 Å². The fraction of sp³-hybridized carbons (Fsp3) is 0.278. The monoisotopic (exact) mass is 398 g/mol. The van der Waals surface area contributed by atoms with Crippen molar-refractivity contribution < 1.29 is 4.79 Å². The van der Waals surface area contributed by atoms with Crippen LogP contribution in [0.1, 0.15) is 23.4 Å². The first-order chi connectivity index (χ1) is 13.0. The zero-order valence-corrected chi connectivity index (χ0v) is 16.8. The van der Waals surface area contributed by atoms with Crippen LogP contribution in [0, 0.1) is 13.8 Å². The smallest absolute Gasteiger partial charge is 0.253 e. The summed E-state index contributed by atoms with van der Waals surface area (Å²) in [6.07, 6.45) is 2.88. The Morgan fingerprint density at radius 3 is 2.81 bits per heavy atom. The zero-order valence-electron chi connectivity index (χ0n) is 15.2. The third-order valence-corrected chi connectivity index (χ3v) is 5.84. The molecule has 4 rings (SSSR count). The van der Waals surface area contributed by atoms with Gasteiger partial charge in [-0.05, 0) is 44.2 Å². The van der Waals surface area contributed by atoms with E-state index in [4.69, 9.17) is 0 Å². The molecule has 9 heteroatoms. The van der Waals surface area contributed by atoms with Gasteiger partial charge in [0.05, 0.1) is 10.2 Å². The van der Waals surface area contributed by atoms with Crippen LogP contribution in [0.3, 0.4) is 0 Å². The highest BCUT2D eigenvalue weighted by Crippen LogP contribution is 2.25. The van der Waals surface area contributed by atoms with Crippen LogP contribution in [0.15, 0.2) is 29.4 Å². The molecule has 1 amide bonds. The maximum absolute atomic E-state index is 12.4. The van der Waals surface area contributed by atoms with Gasteiger partial charge in [0.25, 0.3) is 5.78 Å². The molecule has 0 aliphatic carbocycles. The summed E-state index contributed by atoms with van der Waals surface area (Å²) in [4.78, 5) is 25.8. The molecule has 0 spiro atoms. The number of amides is 1. The van der Waals surface area contributed by atoms with Crippen molar-refractivity contribution in [1.29, 1.82) is 0 Å². The number of aryl methyl sites for hydroxylation is 2. The Morgan fingerprint density at radius 2 is 2.04 bits per heavy atom. The number of thiazole rings is 1. The topological polar surface area (TPSA) is 85.1 Å². The molecule has 138 valence electrons. The number of anilines is 1. The fourth-order valence-corrected chi connectivity index (χ4v) is 4.20. The number of rotatable bonds is 5. The van der Waals surface area contributed by atoms with E-state index in [2.05, 4.69) is 25.4 Å². The third kappa shape index (κ3) is 3.52. The number of aromatic nitrogens is 5. The van der Waals surface area contributed by atoms with E-state index in [1.54, 1.807) is 4.52 Å². The number of hydrogen-bond donors (Lipinski definition) is 1. The molecule has 1 aromatic carbocycles. The van der Waals surface area contributed by atoms with Gasteiger partial charge >= 0.3 is 0 Å². The zero-order chi connectivity index (χ0) is 19.0. The molecule has 4 aromatic rings. The molecule has 1 N–H and O–H groups in total. The molecule has 27 heavy (non-hydrogen) atoms. The number of nitrogens with one attached hydrogen (secondary N) is 1. The predicted octanol–water partition coefficient (Wildman–Crippen LogP) is 3.64.